The Kier molecular flexibility index (Phi) is 7.35. The fourth-order valence-corrected chi connectivity index (χ4v) is 7.57. The van der Waals surface area contributed by atoms with Crippen molar-refractivity contribution in [3.8, 4) is 0 Å². The Labute approximate surface area is 267 Å². The summed E-state index contributed by atoms with van der Waals surface area (Å²) >= 11 is 0. The summed E-state index contributed by atoms with van der Waals surface area (Å²) in [6.45, 7) is 4.09. The van der Waals surface area contributed by atoms with Crippen molar-refractivity contribution < 1.29 is 19.2 Å². The Balaban J connectivity index is 1.23. The molecule has 0 spiro atoms. The van der Waals surface area contributed by atoms with Crippen molar-refractivity contribution >= 4 is 41.2 Å². The number of hydrogen-bond donors (Lipinski definition) is 2. The van der Waals surface area contributed by atoms with Crippen LogP contribution in [0.2, 0.25) is 0 Å². The van der Waals surface area contributed by atoms with Crippen molar-refractivity contribution in [3.63, 3.8) is 0 Å². The summed E-state index contributed by atoms with van der Waals surface area (Å²) in [7, 11) is 0. The second-order valence-corrected chi connectivity index (χ2v) is 12.3. The molecule has 1 heterocycles. The van der Waals surface area contributed by atoms with Crippen molar-refractivity contribution in [3.05, 3.63) is 130 Å². The number of unbranched alkanes of at least 4 members (excludes halogenated alkanes) is 1. The summed E-state index contributed by atoms with van der Waals surface area (Å²) in [5.74, 6) is -4.14. The topological polar surface area (TPSA) is 108 Å². The normalized spacial score (nSPS) is 22.4. The maximum Gasteiger partial charge on any atom is 0.329 e. The van der Waals surface area contributed by atoms with Crippen molar-refractivity contribution in [1.82, 2.24) is 5.43 Å². The zero-order valence-electron chi connectivity index (χ0n) is 25.7. The van der Waals surface area contributed by atoms with Gasteiger partial charge in [0.15, 0.2) is 0 Å². The molecule has 2 N–H and O–H groups in total. The Hall–Kier alpha value is -5.37. The van der Waals surface area contributed by atoms with Gasteiger partial charge in [-0.25, -0.2) is 10.3 Å². The zero-order chi connectivity index (χ0) is 32.0. The molecule has 4 aromatic carbocycles. The Morgan fingerprint density at radius 2 is 1.46 bits per heavy atom. The number of carbonyl (C=O) groups excluding carboxylic acids is 4. The highest BCUT2D eigenvalue weighted by Crippen LogP contribution is 2.63. The van der Waals surface area contributed by atoms with Crippen LogP contribution < -0.4 is 15.6 Å². The van der Waals surface area contributed by atoms with Crippen LogP contribution in [0, 0.1) is 18.8 Å². The molecule has 230 valence electrons. The quantitative estimate of drug-likeness (QED) is 0.122. The van der Waals surface area contributed by atoms with Crippen LogP contribution in [0.5, 0.6) is 0 Å². The third-order valence-electron chi connectivity index (χ3n) is 9.65. The van der Waals surface area contributed by atoms with Gasteiger partial charge in [0.2, 0.25) is 11.8 Å². The van der Waals surface area contributed by atoms with E-state index in [1.807, 2.05) is 79.7 Å². The minimum absolute atomic E-state index is 0.255. The molecule has 8 rings (SSSR count). The predicted molar refractivity (Wildman–Crippen MR) is 176 cm³/mol. The van der Waals surface area contributed by atoms with Gasteiger partial charge in [0, 0.05) is 17.8 Å². The Morgan fingerprint density at radius 3 is 2.09 bits per heavy atom. The number of nitrogens with one attached hydrogen (secondary N) is 2. The van der Waals surface area contributed by atoms with Gasteiger partial charge in [-0.3, -0.25) is 19.2 Å². The van der Waals surface area contributed by atoms with Gasteiger partial charge in [0.1, 0.15) is 0 Å². The molecule has 46 heavy (non-hydrogen) atoms. The molecule has 0 aromatic heterocycles. The van der Waals surface area contributed by atoms with Gasteiger partial charge in [-0.15, -0.1) is 0 Å². The maximum absolute atomic E-state index is 14.4. The van der Waals surface area contributed by atoms with Gasteiger partial charge in [-0.2, -0.15) is 5.10 Å². The number of benzene rings is 4. The largest absolute Gasteiger partial charge is 0.329 e. The molecular formula is C38H34N4O4. The molecule has 4 aromatic rings. The molecule has 3 aliphatic carbocycles. The molecule has 4 amide bonds. The first-order chi connectivity index (χ1) is 22.3. The van der Waals surface area contributed by atoms with Gasteiger partial charge < -0.3 is 5.32 Å². The summed E-state index contributed by atoms with van der Waals surface area (Å²) in [4.78, 5) is 55.7. The van der Waals surface area contributed by atoms with E-state index in [0.717, 1.165) is 52.6 Å². The first kappa shape index (κ1) is 29.3. The van der Waals surface area contributed by atoms with Gasteiger partial charge >= 0.3 is 11.8 Å². The highest BCUT2D eigenvalue weighted by atomic mass is 16.2. The predicted octanol–water partition coefficient (Wildman–Crippen LogP) is 5.63. The van der Waals surface area contributed by atoms with Gasteiger partial charge in [0.25, 0.3) is 0 Å². The third kappa shape index (κ3) is 4.55. The van der Waals surface area contributed by atoms with E-state index in [-0.39, 0.29) is 17.7 Å². The number of carbonyl (C=O) groups is 4. The Morgan fingerprint density at radius 1 is 0.826 bits per heavy atom. The van der Waals surface area contributed by atoms with Crippen LogP contribution in [-0.2, 0) is 31.0 Å². The Bertz CT molecular complexity index is 1850. The van der Waals surface area contributed by atoms with Crippen LogP contribution in [0.3, 0.4) is 0 Å². The summed E-state index contributed by atoms with van der Waals surface area (Å²) in [6, 6.07) is 30.4. The first-order valence-corrected chi connectivity index (χ1v) is 15.7. The molecule has 0 radical (unpaired) electrons. The van der Waals surface area contributed by atoms with Crippen LogP contribution in [0.1, 0.15) is 59.1 Å². The van der Waals surface area contributed by atoms with E-state index in [0.29, 0.717) is 11.4 Å². The molecule has 0 unspecified atom stereocenters. The van der Waals surface area contributed by atoms with Gasteiger partial charge in [-0.05, 0) is 71.8 Å². The fraction of sp³-hybridized carbons (Fsp3) is 0.237. The number of rotatable bonds is 7. The minimum atomic E-state index is -1.16. The van der Waals surface area contributed by atoms with Crippen molar-refractivity contribution in [2.75, 3.05) is 10.2 Å². The average Bonchev–Trinajstić information content (AvgIpc) is 3.35. The number of hydrogen-bond acceptors (Lipinski definition) is 5. The van der Waals surface area contributed by atoms with Crippen LogP contribution in [0.25, 0.3) is 0 Å². The van der Waals surface area contributed by atoms with Crippen molar-refractivity contribution in [1.29, 1.82) is 0 Å². The van der Waals surface area contributed by atoms with E-state index in [4.69, 9.17) is 0 Å². The maximum atomic E-state index is 14.4. The summed E-state index contributed by atoms with van der Waals surface area (Å²) < 4.78 is 0. The van der Waals surface area contributed by atoms with E-state index in [9.17, 15) is 19.2 Å². The third-order valence-corrected chi connectivity index (χ3v) is 9.65. The molecule has 4 aliphatic rings. The van der Waals surface area contributed by atoms with E-state index >= 15 is 0 Å². The highest BCUT2D eigenvalue weighted by molar-refractivity contribution is 6.39. The molecule has 1 saturated heterocycles. The van der Waals surface area contributed by atoms with Crippen LogP contribution >= 0.6 is 0 Å². The van der Waals surface area contributed by atoms with E-state index < -0.39 is 29.1 Å². The van der Waals surface area contributed by atoms with Gasteiger partial charge in [0.05, 0.1) is 22.9 Å². The highest BCUT2D eigenvalue weighted by Gasteiger charge is 2.68. The molecule has 8 nitrogen and oxygen atoms in total. The molecule has 1 fully saturated rings. The van der Waals surface area contributed by atoms with Crippen LogP contribution in [0.4, 0.5) is 11.4 Å². The minimum Gasteiger partial charge on any atom is -0.318 e. The second-order valence-electron chi connectivity index (χ2n) is 12.3. The van der Waals surface area contributed by atoms with E-state index in [2.05, 4.69) is 22.8 Å². The summed E-state index contributed by atoms with van der Waals surface area (Å²) in [6.07, 6.45) is 4.67. The molecule has 0 saturated carbocycles. The molecular weight excluding hydrogens is 576 g/mol. The number of amides is 4. The first-order valence-electron chi connectivity index (χ1n) is 15.7. The van der Waals surface area contributed by atoms with Gasteiger partial charge in [-0.1, -0.05) is 91.7 Å². The number of anilines is 2. The van der Waals surface area contributed by atoms with E-state index in [1.165, 1.54) is 4.90 Å². The fourth-order valence-electron chi connectivity index (χ4n) is 7.57. The lowest BCUT2D eigenvalue weighted by Crippen LogP contribution is -2.54. The number of nitrogens with zero attached hydrogens (tertiary/aromatic N) is 2. The van der Waals surface area contributed by atoms with Crippen LogP contribution in [-0.4, -0.2) is 29.8 Å². The number of aryl methyl sites for hydroxylation is 2. The molecule has 8 heteroatoms. The molecule has 2 atom stereocenters. The lowest BCUT2D eigenvalue weighted by atomic mass is 9.47. The lowest BCUT2D eigenvalue weighted by molar-refractivity contribution is -0.136. The smallest absolute Gasteiger partial charge is 0.318 e. The number of imide groups is 1. The SMILES string of the molecule is CCCCc1ccc(NC(=O)C(=O)N/N=C\C23c4ccccc4C(c4ccccc42)[C@@H]2C(=O)N(c4ccc(C)cc4)C(=O)[C@@H]23)cc1. The average molecular weight is 611 g/mol. The van der Waals surface area contributed by atoms with Crippen LogP contribution in [0.15, 0.2) is 102 Å². The number of hydrazone groups is 1. The monoisotopic (exact) mass is 610 g/mol. The second kappa shape index (κ2) is 11.5. The van der Waals surface area contributed by atoms with Crippen molar-refractivity contribution in [2.24, 2.45) is 16.9 Å². The molecule has 2 bridgehead atoms. The standard InChI is InChI=1S/C38H34N4O4/c1-3-4-9-24-16-18-25(19-17-24)40-34(43)35(44)41-39-22-38-29-12-7-5-10-27(29)31(28-11-6-8-13-30(28)38)32-33(38)37(46)42(36(32)45)26-20-14-23(2)15-21-26/h5-8,10-22,31-33H,3-4,9H2,1-2H3,(H,40,43)(H,41,44)/b39-22-/t31?,32-,33+,38?/m0/s1. The van der Waals surface area contributed by atoms with Crippen molar-refractivity contribution in [2.45, 2.75) is 44.4 Å². The summed E-state index contributed by atoms with van der Waals surface area (Å²) in [5.41, 5.74) is 8.07. The molecule has 1 aliphatic heterocycles. The lowest BCUT2D eigenvalue weighted by Gasteiger charge is -2.52. The zero-order valence-corrected chi connectivity index (χ0v) is 25.7. The summed E-state index contributed by atoms with van der Waals surface area (Å²) in [5, 5.41) is 6.96. The van der Waals surface area contributed by atoms with E-state index in [1.54, 1.807) is 30.5 Å².